The highest BCUT2D eigenvalue weighted by Crippen LogP contribution is 2.30. The zero-order valence-corrected chi connectivity index (χ0v) is 11.7. The smallest absolute Gasteiger partial charge is 0.354 e. The Kier molecular flexibility index (Phi) is 3.53. The average molecular weight is 329 g/mol. The first-order valence-electron chi connectivity index (χ1n) is 4.92. The molecule has 0 radical (unpaired) electrons. The molecule has 0 unspecified atom stereocenters. The van der Waals surface area contributed by atoms with E-state index >= 15 is 0 Å². The van der Waals surface area contributed by atoms with Crippen molar-refractivity contribution in [3.63, 3.8) is 0 Å². The Labute approximate surface area is 116 Å². The number of benzene rings is 1. The van der Waals surface area contributed by atoms with Gasteiger partial charge in [0.2, 0.25) is 0 Å². The van der Waals surface area contributed by atoms with Crippen LogP contribution in [0.15, 0.2) is 22.7 Å². The largest absolute Gasteiger partial charge is 0.496 e. The third-order valence-corrected chi connectivity index (χ3v) is 3.21. The zero-order valence-electron chi connectivity index (χ0n) is 9.28. The summed E-state index contributed by atoms with van der Waals surface area (Å²) in [5, 5.41) is 9.08. The summed E-state index contributed by atoms with van der Waals surface area (Å²) >= 11 is 8.26. The van der Waals surface area contributed by atoms with Gasteiger partial charge in [-0.25, -0.2) is 4.79 Å². The van der Waals surface area contributed by atoms with Gasteiger partial charge in [0.05, 0.1) is 17.3 Å². The van der Waals surface area contributed by atoms with Gasteiger partial charge in [0.25, 0.3) is 0 Å². The Hall–Kier alpha value is -1.60. The maximum absolute atomic E-state index is 11.1. The van der Waals surface area contributed by atoms with E-state index in [1.54, 1.807) is 25.3 Å². The number of carboxylic acids is 1. The second kappa shape index (κ2) is 4.95. The first-order valence-corrected chi connectivity index (χ1v) is 6.12. The number of carbonyl (C=O) groups is 1. The summed E-state index contributed by atoms with van der Waals surface area (Å²) < 4.78 is 6.12. The van der Waals surface area contributed by atoms with Crippen LogP contribution in [-0.4, -0.2) is 28.2 Å². The van der Waals surface area contributed by atoms with Crippen molar-refractivity contribution in [2.45, 2.75) is 0 Å². The predicted octanol–water partition coefficient (Wildman–Crippen LogP) is 3.21. The van der Waals surface area contributed by atoms with Gasteiger partial charge < -0.3 is 19.8 Å². The molecular formula is C11H9BrN2O3S. The normalized spacial score (nSPS) is 10.3. The number of hydrogen-bond donors (Lipinski definition) is 3. The van der Waals surface area contributed by atoms with Crippen molar-refractivity contribution in [2.24, 2.45) is 0 Å². The number of hydrogen-bond acceptors (Lipinski definition) is 3. The van der Waals surface area contributed by atoms with Crippen LogP contribution < -0.4 is 4.74 Å². The van der Waals surface area contributed by atoms with Crippen LogP contribution in [0.5, 0.6) is 5.75 Å². The second-order valence-corrected chi connectivity index (χ2v) is 4.75. The van der Waals surface area contributed by atoms with E-state index in [9.17, 15) is 4.79 Å². The van der Waals surface area contributed by atoms with Crippen LogP contribution in [0.2, 0.25) is 0 Å². The van der Waals surface area contributed by atoms with E-state index in [2.05, 4.69) is 25.9 Å². The number of methoxy groups -OCH3 is 1. The molecule has 1 aromatic carbocycles. The number of carboxylic acid groups (broad SMARTS) is 1. The molecule has 0 bridgehead atoms. The molecule has 0 aliphatic carbocycles. The van der Waals surface area contributed by atoms with Gasteiger partial charge in [-0.1, -0.05) is 0 Å². The molecule has 0 saturated carbocycles. The van der Waals surface area contributed by atoms with Crippen molar-refractivity contribution in [2.75, 3.05) is 7.11 Å². The standard InChI is InChI=1S/C11H9BrN2O3S/c1-17-7-3-2-5(4-6(7)12)8-9(10(15)16)14-11(18)13-8/h2-4H,1H3,(H,15,16)(H2,13,14,18). The number of imidazole rings is 1. The van der Waals surface area contributed by atoms with Crippen molar-refractivity contribution < 1.29 is 14.6 Å². The van der Waals surface area contributed by atoms with Crippen molar-refractivity contribution in [1.29, 1.82) is 0 Å². The number of aromatic amines is 2. The highest BCUT2D eigenvalue weighted by Gasteiger charge is 2.15. The minimum atomic E-state index is -1.07. The van der Waals surface area contributed by atoms with E-state index in [0.717, 1.165) is 4.47 Å². The molecular weight excluding hydrogens is 320 g/mol. The van der Waals surface area contributed by atoms with E-state index in [1.165, 1.54) is 0 Å². The lowest BCUT2D eigenvalue weighted by atomic mass is 10.1. The number of H-pyrrole nitrogens is 2. The topological polar surface area (TPSA) is 78.1 Å². The first-order chi connectivity index (χ1) is 8.52. The van der Waals surface area contributed by atoms with Gasteiger partial charge in [-0.2, -0.15) is 0 Å². The van der Waals surface area contributed by atoms with E-state index < -0.39 is 5.97 Å². The number of aromatic carboxylic acids is 1. The zero-order chi connectivity index (χ0) is 13.3. The van der Waals surface area contributed by atoms with Gasteiger partial charge in [0.15, 0.2) is 10.5 Å². The number of nitrogens with one attached hydrogen (secondary N) is 2. The minimum Gasteiger partial charge on any atom is -0.496 e. The molecule has 3 N–H and O–H groups in total. The molecule has 0 aliphatic heterocycles. The van der Waals surface area contributed by atoms with Gasteiger partial charge in [-0.15, -0.1) is 0 Å². The molecule has 1 aromatic heterocycles. The fourth-order valence-electron chi connectivity index (χ4n) is 1.58. The third kappa shape index (κ3) is 2.32. The Morgan fingerprint density at radius 1 is 1.44 bits per heavy atom. The van der Waals surface area contributed by atoms with E-state index in [0.29, 0.717) is 17.0 Å². The molecule has 0 fully saturated rings. The molecule has 1 heterocycles. The molecule has 94 valence electrons. The summed E-state index contributed by atoms with van der Waals surface area (Å²) in [6.45, 7) is 0. The molecule has 7 heteroatoms. The van der Waals surface area contributed by atoms with Crippen LogP contribution in [0, 0.1) is 4.77 Å². The highest BCUT2D eigenvalue weighted by atomic mass is 79.9. The van der Waals surface area contributed by atoms with Gasteiger partial charge in [-0.05, 0) is 46.3 Å². The lowest BCUT2D eigenvalue weighted by Gasteiger charge is -2.05. The summed E-state index contributed by atoms with van der Waals surface area (Å²) in [5.74, 6) is -0.394. The quantitative estimate of drug-likeness (QED) is 0.756. The molecule has 5 nitrogen and oxygen atoms in total. The van der Waals surface area contributed by atoms with Crippen molar-refractivity contribution in [1.82, 2.24) is 9.97 Å². The fraction of sp³-hybridized carbons (Fsp3) is 0.0909. The molecule has 0 saturated heterocycles. The Morgan fingerprint density at radius 2 is 2.17 bits per heavy atom. The summed E-state index contributed by atoms with van der Waals surface area (Å²) in [7, 11) is 1.56. The van der Waals surface area contributed by atoms with Crippen LogP contribution in [0.25, 0.3) is 11.3 Å². The van der Waals surface area contributed by atoms with Crippen molar-refractivity contribution >= 4 is 34.1 Å². The SMILES string of the molecule is COc1ccc(-c2[nH]c(=S)[nH]c2C(=O)O)cc1Br. The van der Waals surface area contributed by atoms with Crippen LogP contribution in [0.1, 0.15) is 10.5 Å². The van der Waals surface area contributed by atoms with Crippen molar-refractivity contribution in [3.8, 4) is 17.0 Å². The van der Waals surface area contributed by atoms with Crippen LogP contribution in [0.3, 0.4) is 0 Å². The molecule has 0 spiro atoms. The molecule has 0 amide bonds. The van der Waals surface area contributed by atoms with Crippen molar-refractivity contribution in [3.05, 3.63) is 33.1 Å². The minimum absolute atomic E-state index is 0.0390. The number of halogens is 1. The van der Waals surface area contributed by atoms with Crippen LogP contribution >= 0.6 is 28.1 Å². The summed E-state index contributed by atoms with van der Waals surface area (Å²) in [6, 6.07) is 5.26. The van der Waals surface area contributed by atoms with Gasteiger partial charge in [0, 0.05) is 5.56 Å². The summed E-state index contributed by atoms with van der Waals surface area (Å²) in [5.41, 5.74) is 1.18. The predicted molar refractivity (Wildman–Crippen MR) is 72.6 cm³/mol. The number of aromatic nitrogens is 2. The number of rotatable bonds is 3. The maximum atomic E-state index is 11.1. The van der Waals surface area contributed by atoms with Crippen LogP contribution in [-0.2, 0) is 0 Å². The molecule has 2 rings (SSSR count). The highest BCUT2D eigenvalue weighted by molar-refractivity contribution is 9.10. The monoisotopic (exact) mass is 328 g/mol. The summed E-state index contributed by atoms with van der Waals surface area (Å²) in [6.07, 6.45) is 0. The Morgan fingerprint density at radius 3 is 2.72 bits per heavy atom. The third-order valence-electron chi connectivity index (χ3n) is 2.38. The molecule has 18 heavy (non-hydrogen) atoms. The van der Waals surface area contributed by atoms with Gasteiger partial charge in [-0.3, -0.25) is 0 Å². The Bertz CT molecular complexity index is 663. The lowest BCUT2D eigenvalue weighted by molar-refractivity contribution is 0.0692. The fourth-order valence-corrected chi connectivity index (χ4v) is 2.33. The molecule has 0 atom stereocenters. The Balaban J connectivity index is 2.58. The number of ether oxygens (including phenoxy) is 1. The lowest BCUT2D eigenvalue weighted by Crippen LogP contribution is -1.99. The van der Waals surface area contributed by atoms with Crippen LogP contribution in [0.4, 0.5) is 0 Å². The molecule has 0 aliphatic rings. The average Bonchev–Trinajstić information content (AvgIpc) is 2.71. The van der Waals surface area contributed by atoms with E-state index in [4.69, 9.17) is 22.1 Å². The summed E-state index contributed by atoms with van der Waals surface area (Å²) in [4.78, 5) is 16.5. The van der Waals surface area contributed by atoms with E-state index in [1.807, 2.05) is 0 Å². The molecule has 2 aromatic rings. The second-order valence-electron chi connectivity index (χ2n) is 3.48. The van der Waals surface area contributed by atoms with Gasteiger partial charge >= 0.3 is 5.97 Å². The van der Waals surface area contributed by atoms with Gasteiger partial charge in [0.1, 0.15) is 5.75 Å². The maximum Gasteiger partial charge on any atom is 0.354 e. The first kappa shape index (κ1) is 12.8. The van der Waals surface area contributed by atoms with E-state index in [-0.39, 0.29) is 10.5 Å².